The van der Waals surface area contributed by atoms with Crippen LogP contribution in [0, 0.1) is 0 Å². The molecule has 2 heteroatoms. The van der Waals surface area contributed by atoms with Crippen molar-refractivity contribution < 1.29 is 0 Å². The van der Waals surface area contributed by atoms with Crippen LogP contribution in [0.2, 0.25) is 0 Å². The van der Waals surface area contributed by atoms with Crippen molar-refractivity contribution in [3.8, 4) is 0 Å². The summed E-state index contributed by atoms with van der Waals surface area (Å²) in [7, 11) is 0. The minimum Gasteiger partial charge on any atom is -0.299 e. The normalized spacial score (nSPS) is 34.6. The van der Waals surface area contributed by atoms with Gasteiger partial charge in [-0.25, -0.2) is 0 Å². The minimum absolute atomic E-state index is 0.364. The second kappa shape index (κ2) is 4.84. The molecular weight excluding hydrogens is 184 g/mol. The molecule has 2 saturated heterocycles. The first kappa shape index (κ1) is 11.4. The van der Waals surface area contributed by atoms with Gasteiger partial charge in [0.15, 0.2) is 0 Å². The Morgan fingerprint density at radius 3 is 2.40 bits per heavy atom. The minimum atomic E-state index is 0.364. The molecule has 0 aromatic heterocycles. The zero-order valence-corrected chi connectivity index (χ0v) is 10.4. The van der Waals surface area contributed by atoms with E-state index in [1.165, 1.54) is 58.0 Å². The van der Waals surface area contributed by atoms with E-state index in [1.807, 2.05) is 0 Å². The fraction of sp³-hybridized carbons (Fsp3) is 1.00. The summed E-state index contributed by atoms with van der Waals surface area (Å²) in [4.78, 5) is 2.74. The van der Waals surface area contributed by atoms with Gasteiger partial charge in [-0.1, -0.05) is 12.8 Å². The molecule has 0 radical (unpaired) electrons. The fourth-order valence-electron chi connectivity index (χ4n) is 3.40. The maximum atomic E-state index is 3.83. The van der Waals surface area contributed by atoms with Crippen molar-refractivity contribution in [3.05, 3.63) is 0 Å². The largest absolute Gasteiger partial charge is 0.299 e. The van der Waals surface area contributed by atoms with E-state index in [0.29, 0.717) is 11.7 Å². The van der Waals surface area contributed by atoms with Gasteiger partial charge in [-0.2, -0.15) is 0 Å². The summed E-state index contributed by atoms with van der Waals surface area (Å²) in [6.45, 7) is 7.22. The van der Waals surface area contributed by atoms with Crippen molar-refractivity contribution in [1.82, 2.24) is 10.2 Å². The lowest BCUT2D eigenvalue weighted by molar-refractivity contribution is 0.00546. The summed E-state index contributed by atoms with van der Waals surface area (Å²) >= 11 is 0. The summed E-state index contributed by atoms with van der Waals surface area (Å²) in [6.07, 6.45) is 9.74. The number of hydrogen-bond donors (Lipinski definition) is 1. The van der Waals surface area contributed by atoms with Gasteiger partial charge in [0.2, 0.25) is 0 Å². The predicted octanol–water partition coefficient (Wildman–Crippen LogP) is 2.74. The number of rotatable bonds is 1. The molecule has 0 aliphatic carbocycles. The molecule has 0 saturated carbocycles. The molecule has 2 aliphatic rings. The van der Waals surface area contributed by atoms with Gasteiger partial charge in [0.1, 0.15) is 0 Å². The van der Waals surface area contributed by atoms with E-state index in [4.69, 9.17) is 0 Å². The third kappa shape index (κ3) is 2.36. The Balaban J connectivity index is 2.14. The summed E-state index contributed by atoms with van der Waals surface area (Å²) < 4.78 is 0. The van der Waals surface area contributed by atoms with E-state index in [0.717, 1.165) is 0 Å². The topological polar surface area (TPSA) is 15.3 Å². The smallest absolute Gasteiger partial charge is 0.0714 e. The van der Waals surface area contributed by atoms with Crippen molar-refractivity contribution in [1.29, 1.82) is 0 Å². The SMILES string of the molecule is CC(C)N1CCCCCC12CCCCN2. The molecule has 15 heavy (non-hydrogen) atoms. The molecule has 1 atom stereocenters. The van der Waals surface area contributed by atoms with Gasteiger partial charge in [0, 0.05) is 12.6 Å². The second-order valence-electron chi connectivity index (χ2n) is 5.51. The zero-order valence-electron chi connectivity index (χ0n) is 10.4. The van der Waals surface area contributed by atoms with Crippen LogP contribution in [0.25, 0.3) is 0 Å². The van der Waals surface area contributed by atoms with Gasteiger partial charge in [-0.15, -0.1) is 0 Å². The number of nitrogens with zero attached hydrogens (tertiary/aromatic N) is 1. The third-order valence-electron chi connectivity index (χ3n) is 4.13. The Morgan fingerprint density at radius 1 is 1.00 bits per heavy atom. The maximum absolute atomic E-state index is 3.83. The second-order valence-corrected chi connectivity index (χ2v) is 5.51. The molecule has 2 nitrogen and oxygen atoms in total. The van der Waals surface area contributed by atoms with E-state index in [9.17, 15) is 0 Å². The molecule has 0 amide bonds. The number of nitrogens with one attached hydrogen (secondary N) is 1. The van der Waals surface area contributed by atoms with Crippen LogP contribution in [0.5, 0.6) is 0 Å². The van der Waals surface area contributed by atoms with Crippen molar-refractivity contribution in [2.75, 3.05) is 13.1 Å². The van der Waals surface area contributed by atoms with Crippen LogP contribution < -0.4 is 5.32 Å². The molecule has 0 bridgehead atoms. The molecule has 0 aromatic rings. The van der Waals surface area contributed by atoms with Crippen LogP contribution in [-0.2, 0) is 0 Å². The highest BCUT2D eigenvalue weighted by atomic mass is 15.3. The monoisotopic (exact) mass is 210 g/mol. The van der Waals surface area contributed by atoms with E-state index < -0.39 is 0 Å². The lowest BCUT2D eigenvalue weighted by Crippen LogP contribution is -2.62. The quantitative estimate of drug-likeness (QED) is 0.716. The average Bonchev–Trinajstić information content (AvgIpc) is 2.42. The highest BCUT2D eigenvalue weighted by Gasteiger charge is 2.39. The molecule has 2 aliphatic heterocycles. The Kier molecular flexibility index (Phi) is 3.68. The lowest BCUT2D eigenvalue weighted by atomic mass is 9.91. The third-order valence-corrected chi connectivity index (χ3v) is 4.13. The molecule has 88 valence electrons. The average molecular weight is 210 g/mol. The van der Waals surface area contributed by atoms with E-state index >= 15 is 0 Å². The van der Waals surface area contributed by atoms with Crippen LogP contribution in [0.1, 0.15) is 58.8 Å². The molecule has 1 spiro atoms. The van der Waals surface area contributed by atoms with Crippen molar-refractivity contribution >= 4 is 0 Å². The maximum Gasteiger partial charge on any atom is 0.0714 e. The van der Waals surface area contributed by atoms with E-state index in [-0.39, 0.29) is 0 Å². The van der Waals surface area contributed by atoms with Crippen LogP contribution in [0.4, 0.5) is 0 Å². The fourth-order valence-corrected chi connectivity index (χ4v) is 3.40. The highest BCUT2D eigenvalue weighted by molar-refractivity contribution is 4.93. The zero-order chi connectivity index (χ0) is 10.7. The molecule has 0 aromatic carbocycles. The first-order chi connectivity index (χ1) is 7.25. The molecule has 1 unspecified atom stereocenters. The van der Waals surface area contributed by atoms with Gasteiger partial charge in [-0.3, -0.25) is 10.2 Å². The van der Waals surface area contributed by atoms with E-state index in [2.05, 4.69) is 24.1 Å². The summed E-state index contributed by atoms with van der Waals surface area (Å²) in [5.74, 6) is 0. The first-order valence-corrected chi connectivity index (χ1v) is 6.76. The molecule has 1 N–H and O–H groups in total. The van der Waals surface area contributed by atoms with Crippen molar-refractivity contribution in [2.45, 2.75) is 70.5 Å². The first-order valence-electron chi connectivity index (χ1n) is 6.76. The standard InChI is InChI=1S/C13H26N2/c1-12(2)15-11-7-3-4-8-13(15)9-5-6-10-14-13/h12,14H,3-11H2,1-2H3. The summed E-state index contributed by atoms with van der Waals surface area (Å²) in [6, 6.07) is 0.689. The number of piperidine rings is 1. The Labute approximate surface area is 94.4 Å². The summed E-state index contributed by atoms with van der Waals surface area (Å²) in [5.41, 5.74) is 0.364. The van der Waals surface area contributed by atoms with Crippen LogP contribution in [0.3, 0.4) is 0 Å². The van der Waals surface area contributed by atoms with Gasteiger partial charge in [0.25, 0.3) is 0 Å². The van der Waals surface area contributed by atoms with Crippen molar-refractivity contribution in [2.24, 2.45) is 0 Å². The van der Waals surface area contributed by atoms with Gasteiger partial charge in [0.05, 0.1) is 5.66 Å². The Hall–Kier alpha value is -0.0800. The molecule has 2 fully saturated rings. The van der Waals surface area contributed by atoms with Gasteiger partial charge >= 0.3 is 0 Å². The predicted molar refractivity (Wildman–Crippen MR) is 64.9 cm³/mol. The molecular formula is C13H26N2. The Bertz CT molecular complexity index is 195. The van der Waals surface area contributed by atoms with Crippen molar-refractivity contribution in [3.63, 3.8) is 0 Å². The summed E-state index contributed by atoms with van der Waals surface area (Å²) in [5, 5.41) is 3.83. The van der Waals surface area contributed by atoms with Crippen LogP contribution in [0.15, 0.2) is 0 Å². The molecule has 2 rings (SSSR count). The van der Waals surface area contributed by atoms with Gasteiger partial charge in [-0.05, 0) is 52.5 Å². The Morgan fingerprint density at radius 2 is 1.73 bits per heavy atom. The highest BCUT2D eigenvalue weighted by Crippen LogP contribution is 2.33. The van der Waals surface area contributed by atoms with Gasteiger partial charge < -0.3 is 0 Å². The van der Waals surface area contributed by atoms with E-state index in [1.54, 1.807) is 0 Å². The number of hydrogen-bond acceptors (Lipinski definition) is 2. The number of likely N-dealkylation sites (tertiary alicyclic amines) is 1. The van der Waals surface area contributed by atoms with Crippen LogP contribution in [-0.4, -0.2) is 29.7 Å². The lowest BCUT2D eigenvalue weighted by Gasteiger charge is -2.48. The van der Waals surface area contributed by atoms with Crippen LogP contribution >= 0.6 is 0 Å². The molecule has 2 heterocycles.